The fourth-order valence-corrected chi connectivity index (χ4v) is 4.15. The van der Waals surface area contributed by atoms with Gasteiger partial charge in [-0.3, -0.25) is 0 Å². The van der Waals surface area contributed by atoms with Crippen LogP contribution in [-0.2, 0) is 0 Å². The minimum Gasteiger partial charge on any atom is -0.461 e. The van der Waals surface area contributed by atoms with Crippen LogP contribution < -0.4 is 0 Å². The van der Waals surface area contributed by atoms with E-state index in [9.17, 15) is 0 Å². The zero-order valence-electron chi connectivity index (χ0n) is 12.9. The number of hydrogen-bond donors (Lipinski definition) is 0. The van der Waals surface area contributed by atoms with E-state index in [-0.39, 0.29) is 0 Å². The van der Waals surface area contributed by atoms with Gasteiger partial charge in [0.15, 0.2) is 0 Å². The molecule has 22 heavy (non-hydrogen) atoms. The van der Waals surface area contributed by atoms with E-state index in [4.69, 9.17) is 4.42 Å². The first-order chi connectivity index (χ1) is 10.7. The average molecular weight is 426 g/mol. The Labute approximate surface area is 149 Å². The largest absolute Gasteiger partial charge is 0.461 e. The Bertz CT molecular complexity index is 624. The van der Waals surface area contributed by atoms with Gasteiger partial charge in [0.2, 0.25) is 0 Å². The maximum atomic E-state index is 6.16. The van der Waals surface area contributed by atoms with Crippen LogP contribution in [0.3, 0.4) is 0 Å². The molecule has 1 fully saturated rings. The van der Waals surface area contributed by atoms with E-state index in [0.717, 1.165) is 26.2 Å². The summed E-state index contributed by atoms with van der Waals surface area (Å²) in [6.45, 7) is 2.29. The molecule has 0 saturated heterocycles. The van der Waals surface area contributed by atoms with Crippen LogP contribution >= 0.6 is 31.9 Å². The number of benzene rings is 1. The number of furan rings is 1. The van der Waals surface area contributed by atoms with Gasteiger partial charge in [-0.15, -0.1) is 0 Å². The Morgan fingerprint density at radius 2 is 1.77 bits per heavy atom. The summed E-state index contributed by atoms with van der Waals surface area (Å²) in [5.41, 5.74) is 1.13. The molecular weight excluding hydrogens is 404 g/mol. The molecule has 3 rings (SSSR count). The summed E-state index contributed by atoms with van der Waals surface area (Å²) >= 11 is 7.07. The van der Waals surface area contributed by atoms with E-state index in [0.29, 0.717) is 5.92 Å². The third-order valence-electron chi connectivity index (χ3n) is 4.78. The molecule has 0 unspecified atom stereocenters. The summed E-state index contributed by atoms with van der Waals surface area (Å²) in [5, 5.41) is 0. The predicted octanol–water partition coefficient (Wildman–Crippen LogP) is 7.55. The molecule has 2 aromatic rings. The lowest BCUT2D eigenvalue weighted by atomic mass is 9.79. The lowest BCUT2D eigenvalue weighted by Gasteiger charge is -2.27. The Morgan fingerprint density at radius 3 is 2.45 bits per heavy atom. The third-order valence-corrected chi connectivity index (χ3v) is 6.66. The minimum absolute atomic E-state index is 0.612. The molecule has 1 aliphatic rings. The van der Waals surface area contributed by atoms with Crippen molar-refractivity contribution in [1.82, 2.24) is 0 Å². The van der Waals surface area contributed by atoms with E-state index in [1.807, 2.05) is 0 Å². The first-order valence-electron chi connectivity index (χ1n) is 8.22. The summed E-state index contributed by atoms with van der Waals surface area (Å²) in [5.74, 6) is 3.70. The normalized spacial score (nSPS) is 22.0. The molecule has 0 radical (unpaired) electrons. The molecule has 0 N–H and O–H groups in total. The molecule has 0 aliphatic heterocycles. The van der Waals surface area contributed by atoms with Crippen molar-refractivity contribution in [2.24, 2.45) is 5.92 Å². The van der Waals surface area contributed by atoms with Crippen molar-refractivity contribution in [2.75, 3.05) is 0 Å². The number of halogens is 2. The summed E-state index contributed by atoms with van der Waals surface area (Å²) in [7, 11) is 0. The number of hydrogen-bond acceptors (Lipinski definition) is 1. The fraction of sp³-hybridized carbons (Fsp3) is 0.474. The second-order valence-corrected chi connectivity index (χ2v) is 8.05. The highest BCUT2D eigenvalue weighted by atomic mass is 79.9. The van der Waals surface area contributed by atoms with E-state index in [1.54, 1.807) is 0 Å². The smallest absolute Gasteiger partial charge is 0.134 e. The van der Waals surface area contributed by atoms with Crippen molar-refractivity contribution in [1.29, 1.82) is 0 Å². The average Bonchev–Trinajstić information content (AvgIpc) is 3.01. The van der Waals surface area contributed by atoms with Gasteiger partial charge in [0.25, 0.3) is 0 Å². The van der Waals surface area contributed by atoms with Crippen molar-refractivity contribution in [3.63, 3.8) is 0 Å². The van der Waals surface area contributed by atoms with Crippen LogP contribution in [0.1, 0.15) is 57.1 Å². The van der Waals surface area contributed by atoms with Crippen LogP contribution in [0, 0.1) is 5.92 Å². The van der Waals surface area contributed by atoms with Gasteiger partial charge in [-0.05, 0) is 87.7 Å². The second-order valence-electron chi connectivity index (χ2n) is 6.34. The highest BCUT2D eigenvalue weighted by Gasteiger charge is 2.24. The molecule has 118 valence electrons. The zero-order valence-corrected chi connectivity index (χ0v) is 16.1. The van der Waals surface area contributed by atoms with E-state index >= 15 is 0 Å². The van der Waals surface area contributed by atoms with Crippen molar-refractivity contribution < 1.29 is 4.42 Å². The minimum atomic E-state index is 0.612. The molecule has 1 aromatic carbocycles. The topological polar surface area (TPSA) is 13.1 Å². The number of rotatable bonds is 4. The molecule has 1 aromatic heterocycles. The highest BCUT2D eigenvalue weighted by molar-refractivity contribution is 9.13. The summed E-state index contributed by atoms with van der Waals surface area (Å²) in [6.07, 6.45) is 7.99. The van der Waals surface area contributed by atoms with E-state index < -0.39 is 0 Å². The first kappa shape index (κ1) is 16.3. The maximum absolute atomic E-state index is 6.16. The van der Waals surface area contributed by atoms with Crippen molar-refractivity contribution >= 4 is 31.9 Å². The molecule has 1 heterocycles. The fourth-order valence-electron chi connectivity index (χ4n) is 3.52. The van der Waals surface area contributed by atoms with Gasteiger partial charge < -0.3 is 4.42 Å². The predicted molar refractivity (Wildman–Crippen MR) is 99.2 cm³/mol. The molecular formula is C19H22Br2O. The quantitative estimate of drug-likeness (QED) is 0.492. The molecule has 0 spiro atoms. The van der Waals surface area contributed by atoms with Gasteiger partial charge in [-0.2, -0.15) is 0 Å². The Kier molecular flexibility index (Phi) is 5.46. The lowest BCUT2D eigenvalue weighted by Crippen LogP contribution is -2.12. The highest BCUT2D eigenvalue weighted by Crippen LogP contribution is 2.39. The van der Waals surface area contributed by atoms with Gasteiger partial charge in [0.1, 0.15) is 11.5 Å². The van der Waals surface area contributed by atoms with Crippen LogP contribution in [-0.4, -0.2) is 0 Å². The maximum Gasteiger partial charge on any atom is 0.134 e. The van der Waals surface area contributed by atoms with Gasteiger partial charge in [0.05, 0.1) is 0 Å². The Balaban J connectivity index is 1.70. The molecule has 1 nitrogen and oxygen atoms in total. The van der Waals surface area contributed by atoms with Gasteiger partial charge in [-0.1, -0.05) is 25.8 Å². The second kappa shape index (κ2) is 7.35. The lowest BCUT2D eigenvalue weighted by molar-refractivity contribution is 0.286. The molecule has 0 bridgehead atoms. The first-order valence-corrected chi connectivity index (χ1v) is 9.81. The Morgan fingerprint density at radius 1 is 1.00 bits per heavy atom. The molecule has 3 heteroatoms. The summed E-state index contributed by atoms with van der Waals surface area (Å²) in [4.78, 5) is 0. The van der Waals surface area contributed by atoms with Crippen LogP contribution in [0.2, 0.25) is 0 Å². The monoisotopic (exact) mass is 424 g/mol. The van der Waals surface area contributed by atoms with Gasteiger partial charge in [-0.25, -0.2) is 0 Å². The summed E-state index contributed by atoms with van der Waals surface area (Å²) < 4.78 is 8.29. The molecule has 1 saturated carbocycles. The van der Waals surface area contributed by atoms with Crippen LogP contribution in [0.5, 0.6) is 0 Å². The van der Waals surface area contributed by atoms with Crippen LogP contribution in [0.15, 0.2) is 43.7 Å². The SMILES string of the molecule is CCC[C@H]1CC[C@H](c2ccc(-c3ccc(Br)c(Br)c3)o2)CC1. The van der Waals surface area contributed by atoms with Crippen LogP contribution in [0.25, 0.3) is 11.3 Å². The van der Waals surface area contributed by atoms with Crippen LogP contribution in [0.4, 0.5) is 0 Å². The Hall–Kier alpha value is -0.540. The molecule has 0 atom stereocenters. The van der Waals surface area contributed by atoms with E-state index in [2.05, 4.69) is 69.1 Å². The zero-order chi connectivity index (χ0) is 15.5. The summed E-state index contributed by atoms with van der Waals surface area (Å²) in [6, 6.07) is 10.5. The van der Waals surface area contributed by atoms with Crippen molar-refractivity contribution in [3.05, 3.63) is 45.0 Å². The van der Waals surface area contributed by atoms with Gasteiger partial charge >= 0.3 is 0 Å². The van der Waals surface area contributed by atoms with Crippen molar-refractivity contribution in [3.8, 4) is 11.3 Å². The molecule has 1 aliphatic carbocycles. The third kappa shape index (κ3) is 3.68. The van der Waals surface area contributed by atoms with Crippen molar-refractivity contribution in [2.45, 2.75) is 51.4 Å². The molecule has 0 amide bonds. The van der Waals surface area contributed by atoms with Gasteiger partial charge in [0, 0.05) is 20.4 Å². The van der Waals surface area contributed by atoms with E-state index in [1.165, 1.54) is 44.3 Å². The standard InChI is InChI=1S/C19H22Br2O/c1-2-3-13-4-6-14(7-5-13)18-10-11-19(22-18)15-8-9-16(20)17(21)12-15/h8-14H,2-7H2,1H3/t13-,14-.